The second-order valence-electron chi connectivity index (χ2n) is 6.64. The van der Waals surface area contributed by atoms with Crippen molar-refractivity contribution in [2.75, 3.05) is 12.9 Å². The summed E-state index contributed by atoms with van der Waals surface area (Å²) in [4.78, 5) is 30.1. The van der Waals surface area contributed by atoms with E-state index >= 15 is 0 Å². The van der Waals surface area contributed by atoms with E-state index in [4.69, 9.17) is 27.9 Å². The Morgan fingerprint density at radius 2 is 2.06 bits per heavy atom. The zero-order chi connectivity index (χ0) is 22.7. The Labute approximate surface area is 196 Å². The van der Waals surface area contributed by atoms with Crippen LogP contribution in [0.15, 0.2) is 58.6 Å². The summed E-state index contributed by atoms with van der Waals surface area (Å²) in [6.45, 7) is 0.312. The van der Waals surface area contributed by atoms with Gasteiger partial charge in [-0.2, -0.15) is 5.10 Å². The summed E-state index contributed by atoms with van der Waals surface area (Å²) in [5.74, 6) is 0.499. The third kappa shape index (κ3) is 4.59. The SMILES string of the molecule is COc1ccccc1CNC(=O)CSc1nc2[nH]ncc2c(=O)n1-c1ccc(Cl)cc1Cl. The number of halogens is 2. The van der Waals surface area contributed by atoms with Gasteiger partial charge in [0.25, 0.3) is 5.56 Å². The molecule has 0 fully saturated rings. The molecule has 4 rings (SSSR count). The summed E-state index contributed by atoms with van der Waals surface area (Å²) in [5.41, 5.74) is 1.24. The quantitative estimate of drug-likeness (QED) is 0.302. The van der Waals surface area contributed by atoms with Crippen molar-refractivity contribution in [1.82, 2.24) is 25.1 Å². The molecule has 0 unspecified atom stereocenters. The monoisotopic (exact) mass is 489 g/mol. The predicted octanol–water partition coefficient (Wildman–Crippen LogP) is 3.83. The zero-order valence-electron chi connectivity index (χ0n) is 16.8. The van der Waals surface area contributed by atoms with Crippen molar-refractivity contribution in [2.45, 2.75) is 11.7 Å². The molecular formula is C21H17Cl2N5O3S. The Balaban J connectivity index is 1.58. The van der Waals surface area contributed by atoms with E-state index in [1.165, 1.54) is 10.8 Å². The highest BCUT2D eigenvalue weighted by atomic mass is 35.5. The number of para-hydroxylation sites is 1. The molecule has 2 N–H and O–H groups in total. The van der Waals surface area contributed by atoms with Gasteiger partial charge in [-0.05, 0) is 24.3 Å². The highest BCUT2D eigenvalue weighted by Crippen LogP contribution is 2.27. The van der Waals surface area contributed by atoms with Gasteiger partial charge < -0.3 is 10.1 Å². The number of aromatic amines is 1. The van der Waals surface area contributed by atoms with Crippen LogP contribution in [0.3, 0.4) is 0 Å². The lowest BCUT2D eigenvalue weighted by Crippen LogP contribution is -2.26. The van der Waals surface area contributed by atoms with Crippen LogP contribution < -0.4 is 15.6 Å². The normalized spacial score (nSPS) is 11.0. The molecule has 32 heavy (non-hydrogen) atoms. The molecule has 2 aromatic carbocycles. The van der Waals surface area contributed by atoms with Crippen molar-refractivity contribution >= 4 is 51.9 Å². The van der Waals surface area contributed by atoms with Crippen LogP contribution in [-0.4, -0.2) is 38.5 Å². The van der Waals surface area contributed by atoms with Gasteiger partial charge in [-0.15, -0.1) is 0 Å². The van der Waals surface area contributed by atoms with E-state index in [1.807, 2.05) is 24.3 Å². The van der Waals surface area contributed by atoms with E-state index in [0.717, 1.165) is 17.3 Å². The van der Waals surface area contributed by atoms with Crippen LogP contribution in [-0.2, 0) is 11.3 Å². The Bertz CT molecular complexity index is 1360. The average Bonchev–Trinajstić information content (AvgIpc) is 3.26. The number of rotatable bonds is 7. The molecule has 2 aromatic heterocycles. The van der Waals surface area contributed by atoms with Crippen LogP contribution in [0.25, 0.3) is 16.7 Å². The summed E-state index contributed by atoms with van der Waals surface area (Å²) in [6, 6.07) is 12.2. The lowest BCUT2D eigenvalue weighted by Gasteiger charge is -2.13. The molecule has 11 heteroatoms. The number of carbonyl (C=O) groups is 1. The first-order valence-electron chi connectivity index (χ1n) is 9.41. The lowest BCUT2D eigenvalue weighted by atomic mass is 10.2. The minimum atomic E-state index is -0.357. The molecule has 0 aliphatic heterocycles. The summed E-state index contributed by atoms with van der Waals surface area (Å²) in [6.07, 6.45) is 1.40. The number of amides is 1. The number of thioether (sulfide) groups is 1. The number of hydrogen-bond donors (Lipinski definition) is 2. The molecule has 0 bridgehead atoms. The van der Waals surface area contributed by atoms with Crippen molar-refractivity contribution in [3.8, 4) is 11.4 Å². The van der Waals surface area contributed by atoms with Gasteiger partial charge in [0.2, 0.25) is 5.91 Å². The molecule has 0 aliphatic rings. The predicted molar refractivity (Wildman–Crippen MR) is 125 cm³/mol. The molecule has 0 aliphatic carbocycles. The molecule has 8 nitrogen and oxygen atoms in total. The molecule has 0 spiro atoms. The number of H-pyrrole nitrogens is 1. The van der Waals surface area contributed by atoms with Crippen LogP contribution >= 0.6 is 35.0 Å². The second-order valence-corrected chi connectivity index (χ2v) is 8.43. The Kier molecular flexibility index (Phi) is 6.69. The van der Waals surface area contributed by atoms with Crippen molar-refractivity contribution in [3.63, 3.8) is 0 Å². The standard InChI is InChI=1S/C21H17Cl2N5O3S/c1-31-17-5-3-2-4-12(17)9-24-18(29)11-32-21-26-19-14(10-25-27-19)20(30)28(21)16-7-6-13(22)8-15(16)23/h2-8,10H,9,11H2,1H3,(H,24,29)(H,25,27). The van der Waals surface area contributed by atoms with Gasteiger partial charge in [0.05, 0.1) is 29.8 Å². The summed E-state index contributed by atoms with van der Waals surface area (Å²) in [5, 5.41) is 10.8. The summed E-state index contributed by atoms with van der Waals surface area (Å²) < 4.78 is 6.66. The maximum atomic E-state index is 13.1. The minimum absolute atomic E-state index is 0.0342. The first kappa shape index (κ1) is 22.2. The number of nitrogens with one attached hydrogen (secondary N) is 2. The molecule has 1 amide bonds. The third-order valence-corrected chi connectivity index (χ3v) is 6.08. The molecular weight excluding hydrogens is 473 g/mol. The molecule has 0 saturated carbocycles. The van der Waals surface area contributed by atoms with E-state index in [1.54, 1.807) is 25.3 Å². The van der Waals surface area contributed by atoms with Crippen LogP contribution in [0.4, 0.5) is 0 Å². The zero-order valence-corrected chi connectivity index (χ0v) is 19.1. The fourth-order valence-corrected chi connectivity index (χ4v) is 4.39. The maximum Gasteiger partial charge on any atom is 0.269 e. The van der Waals surface area contributed by atoms with Gasteiger partial charge in [-0.25, -0.2) is 4.98 Å². The second kappa shape index (κ2) is 9.64. The van der Waals surface area contributed by atoms with Crippen molar-refractivity contribution in [2.24, 2.45) is 0 Å². The van der Waals surface area contributed by atoms with E-state index < -0.39 is 0 Å². The van der Waals surface area contributed by atoms with Crippen LogP contribution in [0.2, 0.25) is 10.0 Å². The number of fused-ring (bicyclic) bond motifs is 1. The van der Waals surface area contributed by atoms with Crippen LogP contribution in [0.1, 0.15) is 5.56 Å². The Morgan fingerprint density at radius 3 is 2.84 bits per heavy atom. The van der Waals surface area contributed by atoms with Crippen molar-refractivity contribution in [1.29, 1.82) is 0 Å². The molecule has 0 atom stereocenters. The Morgan fingerprint density at radius 1 is 1.25 bits per heavy atom. The van der Waals surface area contributed by atoms with E-state index in [0.29, 0.717) is 39.2 Å². The number of benzene rings is 2. The Hall–Kier alpha value is -3.01. The topological polar surface area (TPSA) is 102 Å². The largest absolute Gasteiger partial charge is 0.496 e. The van der Waals surface area contributed by atoms with Crippen molar-refractivity contribution < 1.29 is 9.53 Å². The molecule has 4 aromatic rings. The fraction of sp³-hybridized carbons (Fsp3) is 0.143. The molecule has 0 saturated heterocycles. The smallest absolute Gasteiger partial charge is 0.269 e. The highest BCUT2D eigenvalue weighted by Gasteiger charge is 2.18. The molecule has 0 radical (unpaired) electrons. The number of nitrogens with zero attached hydrogens (tertiary/aromatic N) is 3. The fourth-order valence-electron chi connectivity index (χ4n) is 3.07. The third-order valence-electron chi connectivity index (χ3n) is 4.60. The van der Waals surface area contributed by atoms with Gasteiger partial charge >= 0.3 is 0 Å². The van der Waals surface area contributed by atoms with E-state index in [2.05, 4.69) is 20.5 Å². The molecule has 2 heterocycles. The number of methoxy groups -OCH3 is 1. The first-order chi connectivity index (χ1) is 15.5. The summed E-state index contributed by atoms with van der Waals surface area (Å²) in [7, 11) is 1.58. The number of hydrogen-bond acceptors (Lipinski definition) is 6. The number of ether oxygens (including phenoxy) is 1. The van der Waals surface area contributed by atoms with Gasteiger partial charge in [0.15, 0.2) is 10.8 Å². The highest BCUT2D eigenvalue weighted by molar-refractivity contribution is 7.99. The van der Waals surface area contributed by atoms with Gasteiger partial charge in [0, 0.05) is 17.1 Å². The van der Waals surface area contributed by atoms with E-state index in [-0.39, 0.29) is 22.2 Å². The summed E-state index contributed by atoms with van der Waals surface area (Å²) >= 11 is 13.5. The number of carbonyl (C=O) groups excluding carboxylic acids is 1. The van der Waals surface area contributed by atoms with Gasteiger partial charge in [0.1, 0.15) is 11.1 Å². The number of aromatic nitrogens is 4. The molecule has 164 valence electrons. The van der Waals surface area contributed by atoms with Crippen LogP contribution in [0.5, 0.6) is 5.75 Å². The first-order valence-corrected chi connectivity index (χ1v) is 11.1. The minimum Gasteiger partial charge on any atom is -0.496 e. The van der Waals surface area contributed by atoms with Crippen molar-refractivity contribution in [3.05, 3.63) is 74.6 Å². The lowest BCUT2D eigenvalue weighted by molar-refractivity contribution is -0.118. The van der Waals surface area contributed by atoms with Crippen LogP contribution in [0, 0.1) is 0 Å². The van der Waals surface area contributed by atoms with Gasteiger partial charge in [-0.1, -0.05) is 53.2 Å². The average molecular weight is 490 g/mol. The van der Waals surface area contributed by atoms with E-state index in [9.17, 15) is 9.59 Å². The maximum absolute atomic E-state index is 13.1. The van der Waals surface area contributed by atoms with Gasteiger partial charge in [-0.3, -0.25) is 19.3 Å².